The van der Waals surface area contributed by atoms with Crippen molar-refractivity contribution in [2.45, 2.75) is 19.9 Å². The fourth-order valence-electron chi connectivity index (χ4n) is 3.32. The molecule has 0 spiro atoms. The molecule has 1 aromatic rings. The molecule has 0 saturated carbocycles. The summed E-state index contributed by atoms with van der Waals surface area (Å²) in [6, 6.07) is 6.82. The lowest BCUT2D eigenvalue weighted by Crippen LogP contribution is -2.36. The molecule has 2 heterocycles. The first-order valence-corrected chi connectivity index (χ1v) is 8.01. The lowest BCUT2D eigenvalue weighted by atomic mass is 10.1. The molecule has 2 fully saturated rings. The number of benzene rings is 1. The molecule has 0 unspecified atom stereocenters. The topological polar surface area (TPSA) is 35.9 Å². The van der Waals surface area contributed by atoms with Gasteiger partial charge in [0.25, 0.3) is 0 Å². The summed E-state index contributed by atoms with van der Waals surface area (Å²) >= 11 is 0. The average Bonchev–Trinajstić information content (AvgIpc) is 2.98. The van der Waals surface area contributed by atoms with Crippen LogP contribution in [0.4, 0.5) is 5.69 Å². The van der Waals surface area contributed by atoms with Gasteiger partial charge in [-0.1, -0.05) is 6.07 Å². The van der Waals surface area contributed by atoms with E-state index in [1.165, 1.54) is 16.8 Å². The van der Waals surface area contributed by atoms with Gasteiger partial charge in [0.05, 0.1) is 13.2 Å². The Labute approximate surface area is 127 Å². The van der Waals surface area contributed by atoms with Crippen LogP contribution in [0.2, 0.25) is 0 Å². The van der Waals surface area contributed by atoms with Crippen LogP contribution in [0.3, 0.4) is 0 Å². The minimum atomic E-state index is 0.325. The van der Waals surface area contributed by atoms with E-state index in [-0.39, 0.29) is 0 Å². The van der Waals surface area contributed by atoms with Crippen molar-refractivity contribution in [3.63, 3.8) is 0 Å². The molecule has 1 atom stereocenters. The summed E-state index contributed by atoms with van der Waals surface area (Å²) in [7, 11) is 0. The fourth-order valence-corrected chi connectivity index (χ4v) is 3.32. The third-order valence-corrected chi connectivity index (χ3v) is 4.72. The summed E-state index contributed by atoms with van der Waals surface area (Å²) in [6.45, 7) is 9.31. The second-order valence-corrected chi connectivity index (χ2v) is 6.28. The second-order valence-electron chi connectivity index (χ2n) is 6.28. The molecule has 2 saturated heterocycles. The summed E-state index contributed by atoms with van der Waals surface area (Å²) in [5.41, 5.74) is 4.09. The van der Waals surface area contributed by atoms with E-state index in [0.29, 0.717) is 12.5 Å². The highest BCUT2D eigenvalue weighted by Crippen LogP contribution is 2.23. The van der Waals surface area contributed by atoms with Gasteiger partial charge < -0.3 is 14.7 Å². The molecule has 0 aliphatic carbocycles. The largest absolute Gasteiger partial charge is 0.396 e. The van der Waals surface area contributed by atoms with Crippen molar-refractivity contribution in [1.82, 2.24) is 4.90 Å². The van der Waals surface area contributed by atoms with Gasteiger partial charge in [-0.15, -0.1) is 0 Å². The fraction of sp³-hybridized carbons (Fsp3) is 0.647. The van der Waals surface area contributed by atoms with Crippen molar-refractivity contribution in [3.05, 3.63) is 29.3 Å². The number of ether oxygens (including phenoxy) is 1. The van der Waals surface area contributed by atoms with Crippen LogP contribution in [0.1, 0.15) is 17.5 Å². The molecule has 4 heteroatoms. The standard InChI is InChI=1S/C17H26N2O2/c1-14-10-17(19-6-8-21-9-7-19)3-2-16(14)12-18-5-4-15(11-18)13-20/h2-3,10,15,20H,4-9,11-13H2,1H3/t15-/m0/s1. The molecule has 0 amide bonds. The van der Waals surface area contributed by atoms with Gasteiger partial charge in [-0.05, 0) is 49.1 Å². The Hall–Kier alpha value is -1.10. The highest BCUT2D eigenvalue weighted by Gasteiger charge is 2.22. The smallest absolute Gasteiger partial charge is 0.0642 e. The average molecular weight is 290 g/mol. The molecule has 1 aromatic carbocycles. The monoisotopic (exact) mass is 290 g/mol. The number of likely N-dealkylation sites (tertiary alicyclic amines) is 1. The van der Waals surface area contributed by atoms with Gasteiger partial charge in [0, 0.05) is 38.5 Å². The van der Waals surface area contributed by atoms with Crippen LogP contribution in [-0.4, -0.2) is 56.0 Å². The number of anilines is 1. The van der Waals surface area contributed by atoms with Gasteiger partial charge in [-0.3, -0.25) is 4.90 Å². The third kappa shape index (κ3) is 3.57. The molecule has 2 aliphatic heterocycles. The van der Waals surface area contributed by atoms with Gasteiger partial charge in [0.2, 0.25) is 0 Å². The SMILES string of the molecule is Cc1cc(N2CCOCC2)ccc1CN1CC[C@H](CO)C1. The third-order valence-electron chi connectivity index (χ3n) is 4.72. The summed E-state index contributed by atoms with van der Waals surface area (Å²) in [5.74, 6) is 0.470. The molecular formula is C17H26N2O2. The van der Waals surface area contributed by atoms with Crippen molar-refractivity contribution in [1.29, 1.82) is 0 Å². The molecule has 0 radical (unpaired) electrons. The minimum Gasteiger partial charge on any atom is -0.396 e. The molecule has 3 rings (SSSR count). The molecule has 4 nitrogen and oxygen atoms in total. The highest BCUT2D eigenvalue weighted by molar-refractivity contribution is 5.51. The zero-order chi connectivity index (χ0) is 14.7. The number of hydrogen-bond donors (Lipinski definition) is 1. The Morgan fingerprint density at radius 2 is 2.05 bits per heavy atom. The zero-order valence-electron chi connectivity index (χ0n) is 12.9. The normalized spacial score (nSPS) is 23.7. The number of aryl methyl sites for hydroxylation is 1. The van der Waals surface area contributed by atoms with Crippen LogP contribution >= 0.6 is 0 Å². The van der Waals surface area contributed by atoms with Crippen molar-refractivity contribution < 1.29 is 9.84 Å². The van der Waals surface area contributed by atoms with E-state index in [1.807, 2.05) is 0 Å². The molecular weight excluding hydrogens is 264 g/mol. The Balaban J connectivity index is 1.64. The summed E-state index contributed by atoms with van der Waals surface area (Å²) in [6.07, 6.45) is 1.13. The number of hydrogen-bond acceptors (Lipinski definition) is 4. The Kier molecular flexibility index (Phi) is 4.78. The van der Waals surface area contributed by atoms with E-state index < -0.39 is 0 Å². The second kappa shape index (κ2) is 6.77. The van der Waals surface area contributed by atoms with Gasteiger partial charge in [0.1, 0.15) is 0 Å². The first-order chi connectivity index (χ1) is 10.3. The van der Waals surface area contributed by atoms with Crippen LogP contribution in [0.5, 0.6) is 0 Å². The van der Waals surface area contributed by atoms with Gasteiger partial charge >= 0.3 is 0 Å². The summed E-state index contributed by atoms with van der Waals surface area (Å²) < 4.78 is 5.42. The summed E-state index contributed by atoms with van der Waals surface area (Å²) in [4.78, 5) is 4.86. The van der Waals surface area contributed by atoms with Crippen LogP contribution in [-0.2, 0) is 11.3 Å². The van der Waals surface area contributed by atoms with Gasteiger partial charge in [0.15, 0.2) is 0 Å². The maximum Gasteiger partial charge on any atom is 0.0642 e. The maximum absolute atomic E-state index is 9.24. The lowest BCUT2D eigenvalue weighted by Gasteiger charge is -2.29. The van der Waals surface area contributed by atoms with Crippen LogP contribution in [0.25, 0.3) is 0 Å². The molecule has 1 N–H and O–H groups in total. The number of nitrogens with zero attached hydrogens (tertiary/aromatic N) is 2. The Morgan fingerprint density at radius 1 is 1.24 bits per heavy atom. The zero-order valence-corrected chi connectivity index (χ0v) is 12.9. The molecule has 0 aromatic heterocycles. The van der Waals surface area contributed by atoms with Crippen LogP contribution in [0.15, 0.2) is 18.2 Å². The molecule has 21 heavy (non-hydrogen) atoms. The summed E-state index contributed by atoms with van der Waals surface area (Å²) in [5, 5.41) is 9.24. The molecule has 0 bridgehead atoms. The minimum absolute atomic E-state index is 0.325. The van der Waals surface area contributed by atoms with E-state index in [4.69, 9.17) is 4.74 Å². The van der Waals surface area contributed by atoms with E-state index in [1.54, 1.807) is 0 Å². The van der Waals surface area contributed by atoms with Crippen molar-refractivity contribution >= 4 is 5.69 Å². The first kappa shape index (κ1) is 14.8. The predicted octanol–water partition coefficient (Wildman–Crippen LogP) is 1.65. The van der Waals surface area contributed by atoms with Crippen LogP contribution in [0, 0.1) is 12.8 Å². The predicted molar refractivity (Wildman–Crippen MR) is 84.7 cm³/mol. The van der Waals surface area contributed by atoms with Crippen molar-refractivity contribution in [2.24, 2.45) is 5.92 Å². The van der Waals surface area contributed by atoms with E-state index >= 15 is 0 Å². The molecule has 2 aliphatic rings. The molecule has 116 valence electrons. The van der Waals surface area contributed by atoms with Crippen molar-refractivity contribution in [2.75, 3.05) is 50.9 Å². The number of morpholine rings is 1. The van der Waals surface area contributed by atoms with E-state index in [9.17, 15) is 5.11 Å². The Morgan fingerprint density at radius 3 is 2.71 bits per heavy atom. The van der Waals surface area contributed by atoms with E-state index in [0.717, 1.165) is 52.4 Å². The number of rotatable bonds is 4. The van der Waals surface area contributed by atoms with Crippen LogP contribution < -0.4 is 4.90 Å². The quantitative estimate of drug-likeness (QED) is 0.914. The highest BCUT2D eigenvalue weighted by atomic mass is 16.5. The number of aliphatic hydroxyl groups excluding tert-OH is 1. The van der Waals surface area contributed by atoms with Gasteiger partial charge in [-0.2, -0.15) is 0 Å². The van der Waals surface area contributed by atoms with Crippen molar-refractivity contribution in [3.8, 4) is 0 Å². The van der Waals surface area contributed by atoms with Gasteiger partial charge in [-0.25, -0.2) is 0 Å². The van der Waals surface area contributed by atoms with E-state index in [2.05, 4.69) is 34.9 Å². The number of aliphatic hydroxyl groups is 1. The first-order valence-electron chi connectivity index (χ1n) is 8.01. The Bertz CT molecular complexity index is 472. The maximum atomic E-state index is 9.24. The lowest BCUT2D eigenvalue weighted by molar-refractivity contribution is 0.122.